The van der Waals surface area contributed by atoms with E-state index in [1.165, 1.54) is 32.1 Å². The summed E-state index contributed by atoms with van der Waals surface area (Å²) in [5.74, 6) is 0.922. The van der Waals surface area contributed by atoms with Crippen LogP contribution in [0, 0.1) is 5.92 Å². The number of hydrogen-bond acceptors (Lipinski definition) is 3. The molecule has 0 unspecified atom stereocenters. The number of nitrogens with zero attached hydrogens (tertiary/aromatic N) is 1. The third kappa shape index (κ3) is 4.73. The Morgan fingerprint density at radius 1 is 1.08 bits per heavy atom. The Hall–Kier alpha value is -1.55. The van der Waals surface area contributed by atoms with Gasteiger partial charge in [0, 0.05) is 30.9 Å². The van der Waals surface area contributed by atoms with Gasteiger partial charge in [0.1, 0.15) is 0 Å². The molecule has 2 fully saturated rings. The second kappa shape index (κ2) is 8.52. The topological polar surface area (TPSA) is 52.6 Å². The largest absolute Gasteiger partial charge is 0.393 e. The van der Waals surface area contributed by atoms with Crippen molar-refractivity contribution in [1.82, 2.24) is 5.32 Å². The maximum atomic E-state index is 12.2. The van der Waals surface area contributed by atoms with Crippen LogP contribution in [-0.2, 0) is 0 Å². The number of anilines is 1. The van der Waals surface area contributed by atoms with E-state index in [-0.39, 0.29) is 12.0 Å². The molecule has 2 aliphatic rings. The summed E-state index contributed by atoms with van der Waals surface area (Å²) in [7, 11) is 0. The second-order valence-corrected chi connectivity index (χ2v) is 7.31. The molecule has 1 heterocycles. The number of carbonyl (C=O) groups is 1. The third-order valence-electron chi connectivity index (χ3n) is 5.51. The van der Waals surface area contributed by atoms with E-state index < -0.39 is 0 Å². The Bertz CT molecular complexity index is 515. The number of carbonyl (C=O) groups excluding carboxylic acids is 1. The fourth-order valence-electron chi connectivity index (χ4n) is 3.94. The average Bonchev–Trinajstić information content (AvgIpc) is 3.13. The van der Waals surface area contributed by atoms with Gasteiger partial charge < -0.3 is 15.3 Å². The van der Waals surface area contributed by atoms with Crippen molar-refractivity contribution in [1.29, 1.82) is 0 Å². The Morgan fingerprint density at radius 3 is 2.42 bits per heavy atom. The molecule has 3 rings (SSSR count). The van der Waals surface area contributed by atoms with Gasteiger partial charge in [0.15, 0.2) is 0 Å². The molecule has 0 atom stereocenters. The monoisotopic (exact) mass is 330 g/mol. The summed E-state index contributed by atoms with van der Waals surface area (Å²) in [6, 6.07) is 7.86. The van der Waals surface area contributed by atoms with Crippen molar-refractivity contribution in [3.8, 4) is 0 Å². The predicted molar refractivity (Wildman–Crippen MR) is 97.4 cm³/mol. The lowest BCUT2D eigenvalue weighted by atomic mass is 10.0. The highest BCUT2D eigenvalue weighted by atomic mass is 16.3. The molecule has 132 valence electrons. The molecule has 4 heteroatoms. The molecule has 1 aliphatic heterocycles. The van der Waals surface area contributed by atoms with Crippen molar-refractivity contribution in [2.75, 3.05) is 24.5 Å². The fraction of sp³-hybridized carbons (Fsp3) is 0.650. The molecule has 2 N–H and O–H groups in total. The lowest BCUT2D eigenvalue weighted by Crippen LogP contribution is -2.35. The van der Waals surface area contributed by atoms with Crippen LogP contribution >= 0.6 is 0 Å². The van der Waals surface area contributed by atoms with Crippen molar-refractivity contribution in [3.05, 3.63) is 29.8 Å². The quantitative estimate of drug-likeness (QED) is 0.787. The standard InChI is InChI=1S/C20H30N2O2/c23-19-11-14-22(15-12-19)18-9-7-17(8-10-18)20(24)21-13-3-6-16-4-1-2-5-16/h7-10,16,19,23H,1-6,11-15H2,(H,21,24). The summed E-state index contributed by atoms with van der Waals surface area (Å²) in [6.07, 6.45) is 9.36. The van der Waals surface area contributed by atoms with Crippen LogP contribution in [0.4, 0.5) is 5.69 Å². The van der Waals surface area contributed by atoms with E-state index >= 15 is 0 Å². The SMILES string of the molecule is O=C(NCCCC1CCCC1)c1ccc(N2CCC(O)CC2)cc1. The molecule has 0 spiro atoms. The van der Waals surface area contributed by atoms with Gasteiger partial charge in [0.05, 0.1) is 6.10 Å². The van der Waals surface area contributed by atoms with Gasteiger partial charge in [-0.25, -0.2) is 0 Å². The van der Waals surface area contributed by atoms with E-state index in [1.807, 2.05) is 24.3 Å². The van der Waals surface area contributed by atoms with Gasteiger partial charge in [0.25, 0.3) is 5.91 Å². The van der Waals surface area contributed by atoms with E-state index in [2.05, 4.69) is 10.2 Å². The molecule has 0 aromatic heterocycles. The number of rotatable bonds is 6. The van der Waals surface area contributed by atoms with Gasteiger partial charge in [-0.15, -0.1) is 0 Å². The Balaban J connectivity index is 1.41. The number of nitrogens with one attached hydrogen (secondary N) is 1. The maximum absolute atomic E-state index is 12.2. The highest BCUT2D eigenvalue weighted by Crippen LogP contribution is 2.28. The van der Waals surface area contributed by atoms with Crippen LogP contribution < -0.4 is 10.2 Å². The summed E-state index contributed by atoms with van der Waals surface area (Å²) < 4.78 is 0. The fourth-order valence-corrected chi connectivity index (χ4v) is 3.94. The predicted octanol–water partition coefficient (Wildman–Crippen LogP) is 3.35. The third-order valence-corrected chi connectivity index (χ3v) is 5.51. The van der Waals surface area contributed by atoms with Crippen LogP contribution in [0.3, 0.4) is 0 Å². The summed E-state index contributed by atoms with van der Waals surface area (Å²) in [5, 5.41) is 12.6. The highest BCUT2D eigenvalue weighted by Gasteiger charge is 2.17. The van der Waals surface area contributed by atoms with E-state index in [1.54, 1.807) is 0 Å². The van der Waals surface area contributed by atoms with Crippen LogP contribution in [0.2, 0.25) is 0 Å². The van der Waals surface area contributed by atoms with Gasteiger partial charge in [0.2, 0.25) is 0 Å². The number of aliphatic hydroxyl groups excluding tert-OH is 1. The van der Waals surface area contributed by atoms with Crippen molar-refractivity contribution >= 4 is 11.6 Å². The first-order valence-electron chi connectivity index (χ1n) is 9.53. The average molecular weight is 330 g/mol. The zero-order chi connectivity index (χ0) is 16.8. The number of aliphatic hydroxyl groups is 1. The maximum Gasteiger partial charge on any atom is 0.251 e. The minimum atomic E-state index is -0.157. The molecular weight excluding hydrogens is 300 g/mol. The molecule has 1 amide bonds. The molecule has 1 aliphatic carbocycles. The number of benzene rings is 1. The first kappa shape index (κ1) is 17.3. The van der Waals surface area contributed by atoms with Crippen LogP contribution in [0.5, 0.6) is 0 Å². The molecular formula is C20H30N2O2. The van der Waals surface area contributed by atoms with Crippen LogP contribution in [0.15, 0.2) is 24.3 Å². The Morgan fingerprint density at radius 2 is 1.75 bits per heavy atom. The summed E-state index contributed by atoms with van der Waals surface area (Å²) in [6.45, 7) is 2.54. The van der Waals surface area contributed by atoms with Crippen LogP contribution in [0.25, 0.3) is 0 Å². The molecule has 1 saturated heterocycles. The summed E-state index contributed by atoms with van der Waals surface area (Å²) in [5.41, 5.74) is 1.87. The first-order valence-corrected chi connectivity index (χ1v) is 9.53. The van der Waals surface area contributed by atoms with Crippen LogP contribution in [0.1, 0.15) is 61.7 Å². The molecule has 1 aromatic carbocycles. The minimum absolute atomic E-state index is 0.0297. The van der Waals surface area contributed by atoms with Crippen molar-refractivity contribution in [3.63, 3.8) is 0 Å². The molecule has 1 saturated carbocycles. The Labute approximate surface area is 145 Å². The zero-order valence-electron chi connectivity index (χ0n) is 14.5. The van der Waals surface area contributed by atoms with E-state index in [0.29, 0.717) is 0 Å². The summed E-state index contributed by atoms with van der Waals surface area (Å²) in [4.78, 5) is 14.5. The van der Waals surface area contributed by atoms with E-state index in [9.17, 15) is 9.90 Å². The lowest BCUT2D eigenvalue weighted by Gasteiger charge is -2.31. The van der Waals surface area contributed by atoms with Crippen molar-refractivity contribution in [2.24, 2.45) is 5.92 Å². The zero-order valence-corrected chi connectivity index (χ0v) is 14.5. The number of piperidine rings is 1. The molecule has 24 heavy (non-hydrogen) atoms. The smallest absolute Gasteiger partial charge is 0.251 e. The van der Waals surface area contributed by atoms with Gasteiger partial charge >= 0.3 is 0 Å². The van der Waals surface area contributed by atoms with Gasteiger partial charge in [-0.05, 0) is 55.9 Å². The molecule has 1 aromatic rings. The van der Waals surface area contributed by atoms with Crippen molar-refractivity contribution < 1.29 is 9.90 Å². The molecule has 0 bridgehead atoms. The highest BCUT2D eigenvalue weighted by molar-refractivity contribution is 5.94. The van der Waals surface area contributed by atoms with Gasteiger partial charge in [-0.1, -0.05) is 25.7 Å². The first-order chi connectivity index (χ1) is 11.7. The lowest BCUT2D eigenvalue weighted by molar-refractivity contribution is 0.0952. The van der Waals surface area contributed by atoms with Crippen molar-refractivity contribution in [2.45, 2.75) is 57.5 Å². The molecule has 0 radical (unpaired) electrons. The Kier molecular flexibility index (Phi) is 6.13. The minimum Gasteiger partial charge on any atom is -0.393 e. The second-order valence-electron chi connectivity index (χ2n) is 7.31. The normalized spacial score (nSPS) is 19.6. The van der Waals surface area contributed by atoms with Gasteiger partial charge in [-0.3, -0.25) is 4.79 Å². The summed E-state index contributed by atoms with van der Waals surface area (Å²) >= 11 is 0. The molecule has 4 nitrogen and oxygen atoms in total. The van der Waals surface area contributed by atoms with Gasteiger partial charge in [-0.2, -0.15) is 0 Å². The van der Waals surface area contributed by atoms with E-state index in [4.69, 9.17) is 0 Å². The van der Waals surface area contributed by atoms with E-state index in [0.717, 1.165) is 56.1 Å². The number of hydrogen-bond donors (Lipinski definition) is 2. The number of amides is 1. The van der Waals surface area contributed by atoms with Crippen LogP contribution in [-0.4, -0.2) is 36.8 Å².